The smallest absolute Gasteiger partial charge is 0.230 e. The molecule has 0 atom stereocenters. The fraction of sp³-hybridized carbons (Fsp3) is 0.500. The first-order valence-electron chi connectivity index (χ1n) is 4.94. The van der Waals surface area contributed by atoms with E-state index in [4.69, 9.17) is 0 Å². The molecule has 0 spiro atoms. The maximum atomic E-state index is 11.3. The highest BCUT2D eigenvalue weighted by Crippen LogP contribution is 2.06. The number of carbonyl (C=O) groups is 2. The Labute approximate surface area is 87.7 Å². The number of aromatic nitrogens is 2. The number of likely N-dealkylation sites (tertiary alicyclic amines) is 1. The van der Waals surface area contributed by atoms with Crippen molar-refractivity contribution in [2.24, 2.45) is 0 Å². The van der Waals surface area contributed by atoms with E-state index in [2.05, 4.69) is 4.98 Å². The molecule has 0 N–H and O–H groups in total. The van der Waals surface area contributed by atoms with Gasteiger partial charge in [-0.05, 0) is 6.92 Å². The highest BCUT2D eigenvalue weighted by molar-refractivity contribution is 6.05. The van der Waals surface area contributed by atoms with E-state index in [1.54, 1.807) is 11.1 Å². The van der Waals surface area contributed by atoms with Crippen LogP contribution in [0.3, 0.4) is 0 Å². The highest BCUT2D eigenvalue weighted by Gasteiger charge is 2.26. The summed E-state index contributed by atoms with van der Waals surface area (Å²) in [6.45, 7) is 3.47. The lowest BCUT2D eigenvalue weighted by Gasteiger charge is -2.15. The summed E-state index contributed by atoms with van der Waals surface area (Å²) in [5.74, 6) is 0.882. The number of amides is 1. The van der Waals surface area contributed by atoms with Gasteiger partial charge in [-0.2, -0.15) is 0 Å². The Morgan fingerprint density at radius 1 is 1.40 bits per heavy atom. The molecule has 0 unspecified atom stereocenters. The third-order valence-electron chi connectivity index (χ3n) is 2.60. The summed E-state index contributed by atoms with van der Waals surface area (Å²) in [6.07, 6.45) is 3.67. The van der Waals surface area contributed by atoms with Gasteiger partial charge in [-0.1, -0.05) is 0 Å². The molecule has 1 aromatic heterocycles. The molecule has 2 rings (SSSR count). The van der Waals surface area contributed by atoms with Crippen molar-refractivity contribution in [1.29, 1.82) is 0 Å². The lowest BCUT2D eigenvalue weighted by molar-refractivity contribution is -0.128. The number of imidazole rings is 1. The van der Waals surface area contributed by atoms with Crippen molar-refractivity contribution >= 4 is 11.7 Å². The molecule has 0 radical (unpaired) electrons. The maximum absolute atomic E-state index is 11.3. The molecule has 0 aromatic carbocycles. The number of aryl methyl sites for hydroxylation is 1. The monoisotopic (exact) mass is 207 g/mol. The van der Waals surface area contributed by atoms with Crippen LogP contribution in [-0.2, 0) is 16.1 Å². The second-order valence-corrected chi connectivity index (χ2v) is 3.70. The molecule has 5 heteroatoms. The number of Topliss-reactive ketones (excluding diaryl/α,β-unsaturated/α-hetero) is 1. The topological polar surface area (TPSA) is 55.2 Å². The van der Waals surface area contributed by atoms with Gasteiger partial charge in [0.2, 0.25) is 5.91 Å². The predicted octanol–water partition coefficient (Wildman–Crippen LogP) is -0.00708. The maximum Gasteiger partial charge on any atom is 0.230 e. The minimum Gasteiger partial charge on any atom is -0.333 e. The number of nitrogens with zero attached hydrogens (tertiary/aromatic N) is 3. The summed E-state index contributed by atoms with van der Waals surface area (Å²) in [6, 6.07) is 0. The Bertz CT molecular complexity index is 397. The van der Waals surface area contributed by atoms with Crippen LogP contribution in [0.4, 0.5) is 0 Å². The quantitative estimate of drug-likeness (QED) is 0.655. The standard InChI is InChI=1S/C10H13N3O2/c1-8-11-2-3-12(8)4-5-13-7-9(14)6-10(13)15/h2-3H,4-7H2,1H3. The van der Waals surface area contributed by atoms with Crippen molar-refractivity contribution < 1.29 is 9.59 Å². The van der Waals surface area contributed by atoms with Crippen LogP contribution in [-0.4, -0.2) is 39.2 Å². The van der Waals surface area contributed by atoms with Crippen molar-refractivity contribution in [3.63, 3.8) is 0 Å². The molecule has 80 valence electrons. The zero-order valence-electron chi connectivity index (χ0n) is 8.64. The second-order valence-electron chi connectivity index (χ2n) is 3.70. The van der Waals surface area contributed by atoms with E-state index in [1.165, 1.54) is 0 Å². The molecule has 1 fully saturated rings. The van der Waals surface area contributed by atoms with E-state index >= 15 is 0 Å². The fourth-order valence-electron chi connectivity index (χ4n) is 1.71. The highest BCUT2D eigenvalue weighted by atomic mass is 16.2. The van der Waals surface area contributed by atoms with E-state index in [9.17, 15) is 9.59 Å². The first-order valence-corrected chi connectivity index (χ1v) is 4.94. The van der Waals surface area contributed by atoms with Crippen LogP contribution >= 0.6 is 0 Å². The third kappa shape index (κ3) is 2.06. The molecule has 1 aliphatic heterocycles. The third-order valence-corrected chi connectivity index (χ3v) is 2.60. The number of rotatable bonds is 3. The normalized spacial score (nSPS) is 16.5. The van der Waals surface area contributed by atoms with Gasteiger partial charge in [0.1, 0.15) is 5.82 Å². The Morgan fingerprint density at radius 3 is 2.73 bits per heavy atom. The molecule has 1 aliphatic rings. The second kappa shape index (κ2) is 3.84. The van der Waals surface area contributed by atoms with E-state index in [0.717, 1.165) is 5.82 Å². The van der Waals surface area contributed by atoms with Crippen LogP contribution in [0, 0.1) is 6.92 Å². The Morgan fingerprint density at radius 2 is 2.20 bits per heavy atom. The first kappa shape index (κ1) is 9.89. The summed E-state index contributed by atoms with van der Waals surface area (Å²) >= 11 is 0. The van der Waals surface area contributed by atoms with Crippen molar-refractivity contribution in [3.8, 4) is 0 Å². The van der Waals surface area contributed by atoms with E-state index in [1.807, 2.05) is 17.7 Å². The van der Waals surface area contributed by atoms with Gasteiger partial charge < -0.3 is 9.47 Å². The summed E-state index contributed by atoms with van der Waals surface area (Å²) in [7, 11) is 0. The van der Waals surface area contributed by atoms with E-state index in [-0.39, 0.29) is 24.7 Å². The van der Waals surface area contributed by atoms with Crippen LogP contribution in [0.25, 0.3) is 0 Å². The Hall–Kier alpha value is -1.65. The van der Waals surface area contributed by atoms with Crippen molar-refractivity contribution in [3.05, 3.63) is 18.2 Å². The van der Waals surface area contributed by atoms with E-state index < -0.39 is 0 Å². The van der Waals surface area contributed by atoms with Crippen LogP contribution < -0.4 is 0 Å². The van der Waals surface area contributed by atoms with Gasteiger partial charge in [0.15, 0.2) is 5.78 Å². The molecule has 1 aromatic rings. The molecule has 15 heavy (non-hydrogen) atoms. The number of ketones is 1. The Kier molecular flexibility index (Phi) is 2.53. The van der Waals surface area contributed by atoms with Gasteiger partial charge in [0, 0.05) is 25.5 Å². The summed E-state index contributed by atoms with van der Waals surface area (Å²) in [5.41, 5.74) is 0. The van der Waals surface area contributed by atoms with Gasteiger partial charge >= 0.3 is 0 Å². The minimum absolute atomic E-state index is 0.0161. The molecular formula is C10H13N3O2. The molecule has 1 amide bonds. The largest absolute Gasteiger partial charge is 0.333 e. The first-order chi connectivity index (χ1) is 7.16. The average Bonchev–Trinajstić information content (AvgIpc) is 2.70. The minimum atomic E-state index is -0.0576. The molecule has 0 aliphatic carbocycles. The zero-order valence-corrected chi connectivity index (χ0v) is 8.64. The van der Waals surface area contributed by atoms with Crippen LogP contribution in [0.1, 0.15) is 12.2 Å². The van der Waals surface area contributed by atoms with Gasteiger partial charge in [-0.3, -0.25) is 9.59 Å². The average molecular weight is 207 g/mol. The van der Waals surface area contributed by atoms with Gasteiger partial charge in [-0.15, -0.1) is 0 Å². The molecule has 1 saturated heterocycles. The fourth-order valence-corrected chi connectivity index (χ4v) is 1.71. The van der Waals surface area contributed by atoms with Gasteiger partial charge in [0.25, 0.3) is 0 Å². The van der Waals surface area contributed by atoms with Crippen molar-refractivity contribution in [1.82, 2.24) is 14.5 Å². The van der Waals surface area contributed by atoms with Crippen LogP contribution in [0.2, 0.25) is 0 Å². The van der Waals surface area contributed by atoms with E-state index in [0.29, 0.717) is 13.1 Å². The van der Waals surface area contributed by atoms with Crippen molar-refractivity contribution in [2.75, 3.05) is 13.1 Å². The lowest BCUT2D eigenvalue weighted by atomic mass is 10.3. The zero-order chi connectivity index (χ0) is 10.8. The summed E-state index contributed by atoms with van der Waals surface area (Å²) < 4.78 is 1.97. The molecule has 0 saturated carbocycles. The SMILES string of the molecule is Cc1nccn1CCN1CC(=O)CC1=O. The van der Waals surface area contributed by atoms with Crippen LogP contribution in [0.15, 0.2) is 12.4 Å². The Balaban J connectivity index is 1.91. The summed E-state index contributed by atoms with van der Waals surface area (Å²) in [4.78, 5) is 28.0. The van der Waals surface area contributed by atoms with Crippen molar-refractivity contribution in [2.45, 2.75) is 19.9 Å². The molecular weight excluding hydrogens is 194 g/mol. The molecule has 2 heterocycles. The number of carbonyl (C=O) groups excluding carboxylic acids is 2. The van der Waals surface area contributed by atoms with Gasteiger partial charge in [-0.25, -0.2) is 4.98 Å². The predicted molar refractivity (Wildman–Crippen MR) is 53.2 cm³/mol. The summed E-state index contributed by atoms with van der Waals surface area (Å²) in [5, 5.41) is 0. The lowest BCUT2D eigenvalue weighted by Crippen LogP contribution is -2.29. The molecule has 0 bridgehead atoms. The van der Waals surface area contributed by atoms with Crippen LogP contribution in [0.5, 0.6) is 0 Å². The number of hydrogen-bond donors (Lipinski definition) is 0. The van der Waals surface area contributed by atoms with Gasteiger partial charge in [0.05, 0.1) is 13.0 Å². The number of hydrogen-bond acceptors (Lipinski definition) is 3. The molecule has 5 nitrogen and oxygen atoms in total.